The second-order valence-corrected chi connectivity index (χ2v) is 5.49. The largest absolute Gasteiger partial charge is 0.481 e. The monoisotopic (exact) mass is 261 g/mol. The van der Waals surface area contributed by atoms with Crippen molar-refractivity contribution >= 4 is 12.1 Å². The highest BCUT2D eigenvalue weighted by Crippen LogP contribution is 2.19. The van der Waals surface area contributed by atoms with Gasteiger partial charge in [-0.25, -0.2) is 4.79 Å². The first-order valence-corrected chi connectivity index (χ1v) is 5.76. The molecular formula is C12H23NO5. The van der Waals surface area contributed by atoms with E-state index in [1.54, 1.807) is 34.6 Å². The number of ether oxygens (including phenoxy) is 2. The number of carbonyl (C=O) groups excluding carboxylic acids is 1. The van der Waals surface area contributed by atoms with Crippen LogP contribution in [0.3, 0.4) is 0 Å². The van der Waals surface area contributed by atoms with Crippen molar-refractivity contribution in [3.63, 3.8) is 0 Å². The average molecular weight is 261 g/mol. The Bertz CT molecular complexity index is 310. The molecule has 18 heavy (non-hydrogen) atoms. The number of carboxylic acid groups (broad SMARTS) is 1. The zero-order valence-corrected chi connectivity index (χ0v) is 11.9. The molecule has 0 radical (unpaired) electrons. The minimum absolute atomic E-state index is 0.249. The third-order valence-corrected chi connectivity index (χ3v) is 2.56. The van der Waals surface area contributed by atoms with Crippen LogP contribution in [0.4, 0.5) is 4.79 Å². The SMILES string of the molecule is COC(C)C(C)(CC(=O)O)NC(=O)OC(C)(C)C. The molecule has 0 heterocycles. The van der Waals surface area contributed by atoms with Gasteiger partial charge in [0.1, 0.15) is 5.60 Å². The van der Waals surface area contributed by atoms with E-state index < -0.39 is 29.3 Å². The number of amides is 1. The van der Waals surface area contributed by atoms with Crippen LogP contribution in [0.15, 0.2) is 0 Å². The molecule has 1 amide bonds. The summed E-state index contributed by atoms with van der Waals surface area (Å²) in [6, 6.07) is 0. The van der Waals surface area contributed by atoms with Crippen LogP contribution in [-0.4, -0.2) is 41.5 Å². The van der Waals surface area contributed by atoms with Crippen LogP contribution in [0.5, 0.6) is 0 Å². The third-order valence-electron chi connectivity index (χ3n) is 2.56. The van der Waals surface area contributed by atoms with E-state index >= 15 is 0 Å². The Morgan fingerprint density at radius 1 is 1.28 bits per heavy atom. The zero-order chi connectivity index (χ0) is 14.6. The van der Waals surface area contributed by atoms with E-state index in [4.69, 9.17) is 14.6 Å². The van der Waals surface area contributed by atoms with Gasteiger partial charge in [0, 0.05) is 7.11 Å². The summed E-state index contributed by atoms with van der Waals surface area (Å²) in [6.45, 7) is 8.52. The summed E-state index contributed by atoms with van der Waals surface area (Å²) in [5.74, 6) is -1.02. The van der Waals surface area contributed by atoms with Gasteiger partial charge in [0.05, 0.1) is 18.1 Å². The summed E-state index contributed by atoms with van der Waals surface area (Å²) in [7, 11) is 1.46. The molecule has 6 nitrogen and oxygen atoms in total. The highest BCUT2D eigenvalue weighted by atomic mass is 16.6. The van der Waals surface area contributed by atoms with Crippen molar-refractivity contribution in [2.75, 3.05) is 7.11 Å². The van der Waals surface area contributed by atoms with Crippen molar-refractivity contribution in [3.05, 3.63) is 0 Å². The van der Waals surface area contributed by atoms with Gasteiger partial charge >= 0.3 is 12.1 Å². The van der Waals surface area contributed by atoms with Gasteiger partial charge in [0.25, 0.3) is 0 Å². The quantitative estimate of drug-likeness (QED) is 0.788. The minimum Gasteiger partial charge on any atom is -0.481 e. The summed E-state index contributed by atoms with van der Waals surface area (Å²) in [5.41, 5.74) is -1.66. The predicted octanol–water partition coefficient (Wildman–Crippen LogP) is 1.78. The Morgan fingerprint density at radius 2 is 1.78 bits per heavy atom. The summed E-state index contributed by atoms with van der Waals surface area (Å²) in [4.78, 5) is 22.5. The number of alkyl carbamates (subject to hydrolysis) is 1. The molecule has 0 aliphatic carbocycles. The van der Waals surface area contributed by atoms with Crippen LogP contribution < -0.4 is 5.32 Å². The Labute approximate surface area is 108 Å². The lowest BCUT2D eigenvalue weighted by Gasteiger charge is -2.35. The Hall–Kier alpha value is -1.30. The molecule has 106 valence electrons. The number of rotatable bonds is 5. The first-order chi connectivity index (χ1) is 8.00. The molecule has 0 saturated heterocycles. The van der Waals surface area contributed by atoms with E-state index in [1.165, 1.54) is 7.11 Å². The molecule has 0 spiro atoms. The van der Waals surface area contributed by atoms with Gasteiger partial charge in [-0.3, -0.25) is 4.79 Å². The van der Waals surface area contributed by atoms with E-state index in [-0.39, 0.29) is 6.42 Å². The highest BCUT2D eigenvalue weighted by molar-refractivity contribution is 5.73. The molecule has 2 N–H and O–H groups in total. The summed E-state index contributed by atoms with van der Waals surface area (Å²) in [6.07, 6.45) is -1.36. The van der Waals surface area contributed by atoms with E-state index in [1.807, 2.05) is 0 Å². The van der Waals surface area contributed by atoms with Crippen molar-refractivity contribution in [3.8, 4) is 0 Å². The Balaban J connectivity index is 4.79. The fraction of sp³-hybridized carbons (Fsp3) is 0.833. The summed E-state index contributed by atoms with van der Waals surface area (Å²) in [5, 5.41) is 11.5. The second kappa shape index (κ2) is 6.04. The molecule has 0 fully saturated rings. The molecule has 0 aromatic rings. The van der Waals surface area contributed by atoms with Gasteiger partial charge in [0.15, 0.2) is 0 Å². The molecule has 2 unspecified atom stereocenters. The lowest BCUT2D eigenvalue weighted by molar-refractivity contribution is -0.140. The molecule has 0 saturated carbocycles. The first-order valence-electron chi connectivity index (χ1n) is 5.76. The standard InChI is InChI=1S/C12H23NO5/c1-8(17-6)12(5,7-9(14)15)13-10(16)18-11(2,3)4/h8H,7H2,1-6H3,(H,13,16)(H,14,15). The highest BCUT2D eigenvalue weighted by Gasteiger charge is 2.37. The van der Waals surface area contributed by atoms with E-state index in [2.05, 4.69) is 5.32 Å². The first kappa shape index (κ1) is 16.7. The summed E-state index contributed by atoms with van der Waals surface area (Å²) >= 11 is 0. The van der Waals surface area contributed by atoms with Gasteiger partial charge in [-0.15, -0.1) is 0 Å². The molecule has 6 heteroatoms. The molecule has 0 aliphatic heterocycles. The summed E-state index contributed by atoms with van der Waals surface area (Å²) < 4.78 is 10.2. The number of methoxy groups -OCH3 is 1. The average Bonchev–Trinajstić information content (AvgIpc) is 2.11. The second-order valence-electron chi connectivity index (χ2n) is 5.49. The van der Waals surface area contributed by atoms with Crippen LogP contribution in [0.1, 0.15) is 41.0 Å². The number of carboxylic acids is 1. The Morgan fingerprint density at radius 3 is 2.11 bits per heavy atom. The molecule has 0 aromatic heterocycles. The van der Waals surface area contributed by atoms with Crippen molar-refractivity contribution in [2.45, 2.75) is 58.3 Å². The van der Waals surface area contributed by atoms with E-state index in [0.29, 0.717) is 0 Å². The maximum absolute atomic E-state index is 11.7. The van der Waals surface area contributed by atoms with Crippen molar-refractivity contribution in [1.82, 2.24) is 5.32 Å². The lowest BCUT2D eigenvalue weighted by atomic mass is 9.92. The van der Waals surface area contributed by atoms with E-state index in [9.17, 15) is 9.59 Å². The van der Waals surface area contributed by atoms with Crippen molar-refractivity contribution in [1.29, 1.82) is 0 Å². The predicted molar refractivity (Wildman–Crippen MR) is 66.5 cm³/mol. The maximum atomic E-state index is 11.7. The molecule has 0 rings (SSSR count). The Kier molecular flexibility index (Phi) is 5.60. The molecule has 2 atom stereocenters. The number of nitrogens with one attached hydrogen (secondary N) is 1. The maximum Gasteiger partial charge on any atom is 0.408 e. The minimum atomic E-state index is -1.02. The fourth-order valence-electron chi connectivity index (χ4n) is 1.40. The van der Waals surface area contributed by atoms with Crippen LogP contribution >= 0.6 is 0 Å². The van der Waals surface area contributed by atoms with E-state index in [0.717, 1.165) is 0 Å². The zero-order valence-electron chi connectivity index (χ0n) is 11.9. The number of hydrogen-bond donors (Lipinski definition) is 2. The van der Waals surface area contributed by atoms with Gasteiger partial charge < -0.3 is 19.9 Å². The van der Waals surface area contributed by atoms with Gasteiger partial charge in [0.2, 0.25) is 0 Å². The molecule has 0 aliphatic rings. The van der Waals surface area contributed by atoms with Crippen LogP contribution in [0, 0.1) is 0 Å². The van der Waals surface area contributed by atoms with Gasteiger partial charge in [-0.2, -0.15) is 0 Å². The molecule has 0 bridgehead atoms. The number of hydrogen-bond acceptors (Lipinski definition) is 4. The van der Waals surface area contributed by atoms with Crippen molar-refractivity contribution in [2.24, 2.45) is 0 Å². The van der Waals surface area contributed by atoms with Crippen LogP contribution in [0.2, 0.25) is 0 Å². The normalized spacial score (nSPS) is 16.6. The van der Waals surface area contributed by atoms with Crippen molar-refractivity contribution < 1.29 is 24.2 Å². The topological polar surface area (TPSA) is 84.9 Å². The van der Waals surface area contributed by atoms with Crippen LogP contribution in [-0.2, 0) is 14.3 Å². The lowest BCUT2D eigenvalue weighted by Crippen LogP contribution is -2.56. The van der Waals surface area contributed by atoms with Crippen LogP contribution in [0.25, 0.3) is 0 Å². The smallest absolute Gasteiger partial charge is 0.408 e. The molecule has 0 aromatic carbocycles. The third kappa shape index (κ3) is 5.86. The molecular weight excluding hydrogens is 238 g/mol. The van der Waals surface area contributed by atoms with Gasteiger partial charge in [-0.05, 0) is 34.6 Å². The van der Waals surface area contributed by atoms with Gasteiger partial charge in [-0.1, -0.05) is 0 Å². The number of carbonyl (C=O) groups is 2. The number of aliphatic carboxylic acids is 1. The fourth-order valence-corrected chi connectivity index (χ4v) is 1.40.